The maximum absolute atomic E-state index is 4.96. The fraction of sp³-hybridized carbons (Fsp3) is 0. The van der Waals surface area contributed by atoms with Gasteiger partial charge in [0.1, 0.15) is 0 Å². The van der Waals surface area contributed by atoms with Crippen molar-refractivity contribution in [3.63, 3.8) is 0 Å². The Morgan fingerprint density at radius 3 is 1.44 bits per heavy atom. The van der Waals surface area contributed by atoms with Crippen LogP contribution in [0.5, 0.6) is 0 Å². The van der Waals surface area contributed by atoms with E-state index >= 15 is 0 Å². The Morgan fingerprint density at radius 2 is 0.808 bits per heavy atom. The minimum Gasteiger partial charge on any atom is -0.309 e. The molecule has 0 atom stereocenters. The van der Waals surface area contributed by atoms with Gasteiger partial charge in [-0.3, -0.25) is 0 Å². The van der Waals surface area contributed by atoms with Crippen LogP contribution >= 0.6 is 11.3 Å². The van der Waals surface area contributed by atoms with Crippen LogP contribution in [0.3, 0.4) is 0 Å². The molecule has 0 N–H and O–H groups in total. The van der Waals surface area contributed by atoms with Crippen LogP contribution in [-0.4, -0.2) is 19.5 Å². The van der Waals surface area contributed by atoms with Crippen molar-refractivity contribution < 1.29 is 0 Å². The smallest absolute Gasteiger partial charge is 0.164 e. The quantitative estimate of drug-likeness (QED) is 0.174. The fourth-order valence-electron chi connectivity index (χ4n) is 7.89. The van der Waals surface area contributed by atoms with Crippen LogP contribution in [0.15, 0.2) is 170 Å². The molecule has 0 spiro atoms. The number of benzene rings is 8. The summed E-state index contributed by atoms with van der Waals surface area (Å²) in [5.41, 5.74) is 6.32. The Balaban J connectivity index is 1.11. The molecule has 3 aromatic heterocycles. The SMILES string of the molecule is c1ccc(-c2nc(-c3ccccc3)nc(-c3ccc(-n4c5ccccc5c5c6sc7c8ccccc8c8ccccc8c7c6ccc54)cc3)n2)cc1. The van der Waals surface area contributed by atoms with E-state index in [9.17, 15) is 0 Å². The summed E-state index contributed by atoms with van der Waals surface area (Å²) >= 11 is 1.92. The van der Waals surface area contributed by atoms with Gasteiger partial charge in [-0.25, -0.2) is 15.0 Å². The number of fused-ring (bicyclic) bond motifs is 12. The topological polar surface area (TPSA) is 43.6 Å². The van der Waals surface area contributed by atoms with Gasteiger partial charge in [0.15, 0.2) is 17.5 Å². The van der Waals surface area contributed by atoms with Crippen molar-refractivity contribution in [3.8, 4) is 39.9 Å². The molecule has 0 radical (unpaired) electrons. The number of para-hydroxylation sites is 1. The van der Waals surface area contributed by atoms with Crippen molar-refractivity contribution in [2.45, 2.75) is 0 Å². The van der Waals surface area contributed by atoms with Gasteiger partial charge >= 0.3 is 0 Å². The molecule has 0 aliphatic heterocycles. The Bertz CT molecular complexity index is 3100. The highest BCUT2D eigenvalue weighted by Crippen LogP contribution is 2.48. The van der Waals surface area contributed by atoms with E-state index in [0.29, 0.717) is 17.5 Å². The molecular weight excluding hydrogens is 653 g/mol. The lowest BCUT2D eigenvalue weighted by Gasteiger charge is -2.11. The summed E-state index contributed by atoms with van der Waals surface area (Å²) in [5, 5.41) is 10.4. The first kappa shape index (κ1) is 29.1. The van der Waals surface area contributed by atoms with Gasteiger partial charge in [-0.2, -0.15) is 0 Å². The average molecular weight is 681 g/mol. The van der Waals surface area contributed by atoms with E-state index in [2.05, 4.69) is 114 Å². The summed E-state index contributed by atoms with van der Waals surface area (Å²) < 4.78 is 5.07. The number of hydrogen-bond acceptors (Lipinski definition) is 4. The number of aromatic nitrogens is 4. The molecule has 11 aromatic rings. The first-order valence-electron chi connectivity index (χ1n) is 17.5. The van der Waals surface area contributed by atoms with Crippen LogP contribution < -0.4 is 0 Å². The van der Waals surface area contributed by atoms with Gasteiger partial charge in [-0.15, -0.1) is 11.3 Å². The second-order valence-electron chi connectivity index (χ2n) is 13.2. The van der Waals surface area contributed by atoms with Crippen LogP contribution in [0.1, 0.15) is 0 Å². The van der Waals surface area contributed by atoms with Crippen molar-refractivity contribution in [1.29, 1.82) is 0 Å². The molecular formula is C47H28N4S. The van der Waals surface area contributed by atoms with Gasteiger partial charge in [0.25, 0.3) is 0 Å². The van der Waals surface area contributed by atoms with E-state index in [1.54, 1.807) is 0 Å². The van der Waals surface area contributed by atoms with Crippen molar-refractivity contribution in [2.75, 3.05) is 0 Å². The van der Waals surface area contributed by atoms with Crippen LogP contribution in [0.2, 0.25) is 0 Å². The summed E-state index contributed by atoms with van der Waals surface area (Å²) in [6, 6.07) is 60.0. The van der Waals surface area contributed by atoms with Crippen molar-refractivity contribution in [2.24, 2.45) is 0 Å². The predicted octanol–water partition coefficient (Wildman–Crippen LogP) is 12.6. The van der Waals surface area contributed by atoms with Gasteiger partial charge < -0.3 is 4.57 Å². The highest BCUT2D eigenvalue weighted by molar-refractivity contribution is 7.28. The third-order valence-corrected chi connectivity index (χ3v) is 11.5. The van der Waals surface area contributed by atoms with Gasteiger partial charge in [-0.05, 0) is 52.6 Å². The number of thiophene rings is 1. The lowest BCUT2D eigenvalue weighted by Crippen LogP contribution is -2.00. The maximum atomic E-state index is 4.96. The van der Waals surface area contributed by atoms with E-state index in [-0.39, 0.29) is 0 Å². The molecule has 0 aliphatic rings. The zero-order chi connectivity index (χ0) is 34.2. The standard InChI is InChI=1S/C47H28N4S/c1-3-13-29(14-4-1)45-48-46(30-15-5-2-6-16-30)50-47(49-45)31-23-25-32(26-24-31)51-39-22-12-11-21-37(39)42-40(51)28-27-38-41-35-19-9-7-17-33(35)34-18-8-10-20-36(34)43(41)52-44(38)42/h1-28H. The van der Waals surface area contributed by atoms with E-state index in [1.807, 2.05) is 72.0 Å². The molecule has 0 bridgehead atoms. The molecule has 5 heteroatoms. The summed E-state index contributed by atoms with van der Waals surface area (Å²) in [7, 11) is 0. The first-order chi connectivity index (χ1) is 25.8. The number of rotatable bonds is 4. The summed E-state index contributed by atoms with van der Waals surface area (Å²) in [6.45, 7) is 0. The van der Waals surface area contributed by atoms with E-state index in [4.69, 9.17) is 15.0 Å². The fourth-order valence-corrected chi connectivity index (χ4v) is 9.30. The Labute approximate surface area is 302 Å². The van der Waals surface area contributed by atoms with E-state index < -0.39 is 0 Å². The van der Waals surface area contributed by atoms with Crippen LogP contribution in [-0.2, 0) is 0 Å². The Hall–Kier alpha value is -6.69. The molecule has 0 fully saturated rings. The molecule has 242 valence electrons. The maximum Gasteiger partial charge on any atom is 0.164 e. The van der Waals surface area contributed by atoms with Gasteiger partial charge in [0.05, 0.1) is 11.0 Å². The van der Waals surface area contributed by atoms with Gasteiger partial charge in [0, 0.05) is 58.7 Å². The molecule has 0 saturated heterocycles. The van der Waals surface area contributed by atoms with Crippen molar-refractivity contribution >= 4 is 74.9 Å². The normalized spacial score (nSPS) is 11.8. The van der Waals surface area contributed by atoms with Crippen molar-refractivity contribution in [1.82, 2.24) is 19.5 Å². The third kappa shape index (κ3) is 4.36. The summed E-state index contributed by atoms with van der Waals surface area (Å²) in [5.74, 6) is 1.96. The van der Waals surface area contributed by atoms with E-state index in [0.717, 1.165) is 22.4 Å². The highest BCUT2D eigenvalue weighted by atomic mass is 32.1. The van der Waals surface area contributed by atoms with Gasteiger partial charge in [0.2, 0.25) is 0 Å². The summed E-state index contributed by atoms with van der Waals surface area (Å²) in [4.78, 5) is 14.8. The van der Waals surface area contributed by atoms with Crippen molar-refractivity contribution in [3.05, 3.63) is 170 Å². The largest absolute Gasteiger partial charge is 0.309 e. The minimum absolute atomic E-state index is 0.646. The molecule has 8 aromatic carbocycles. The molecule has 0 saturated carbocycles. The summed E-state index contributed by atoms with van der Waals surface area (Å²) in [6.07, 6.45) is 0. The highest BCUT2D eigenvalue weighted by Gasteiger charge is 2.20. The van der Waals surface area contributed by atoms with Gasteiger partial charge in [-0.1, -0.05) is 133 Å². The minimum atomic E-state index is 0.646. The zero-order valence-corrected chi connectivity index (χ0v) is 28.7. The lowest BCUT2D eigenvalue weighted by molar-refractivity contribution is 1.07. The average Bonchev–Trinajstić information content (AvgIpc) is 3.78. The monoisotopic (exact) mass is 680 g/mol. The third-order valence-electron chi connectivity index (χ3n) is 10.2. The number of nitrogens with zero attached hydrogens (tertiary/aromatic N) is 4. The van der Waals surface area contributed by atoms with Crippen LogP contribution in [0, 0.1) is 0 Å². The zero-order valence-electron chi connectivity index (χ0n) is 27.9. The molecule has 0 unspecified atom stereocenters. The second-order valence-corrected chi connectivity index (χ2v) is 14.2. The first-order valence-corrected chi connectivity index (χ1v) is 18.3. The van der Waals surface area contributed by atoms with Crippen LogP contribution in [0.4, 0.5) is 0 Å². The molecule has 4 nitrogen and oxygen atoms in total. The van der Waals surface area contributed by atoms with E-state index in [1.165, 1.54) is 63.5 Å². The molecule has 3 heterocycles. The molecule has 0 amide bonds. The number of hydrogen-bond donors (Lipinski definition) is 0. The second kappa shape index (κ2) is 11.4. The lowest BCUT2D eigenvalue weighted by atomic mass is 9.97. The molecule has 11 rings (SSSR count). The Morgan fingerprint density at radius 1 is 0.327 bits per heavy atom. The molecule has 0 aliphatic carbocycles. The van der Waals surface area contributed by atoms with Crippen LogP contribution in [0.25, 0.3) is 103 Å². The predicted molar refractivity (Wildman–Crippen MR) is 218 cm³/mol. The molecule has 52 heavy (non-hydrogen) atoms. The Kier molecular flexibility index (Phi) is 6.39.